The minimum Gasteiger partial charge on any atom is -0.422 e. The molecule has 0 N–H and O–H groups in total. The van der Waals surface area contributed by atoms with Crippen LogP contribution in [0.5, 0.6) is 5.75 Å². The standard InChI is InChI=1S/C19H20O2S2/c1-3-5-13-7-9-15(10-8-13)21-18(20)17-12-14-11-16(6-4-2)22-19(14)23-17/h7-12H,3-6H2,1-2H3. The second-order valence-corrected chi connectivity index (χ2v) is 8.05. The lowest BCUT2D eigenvalue weighted by Gasteiger charge is -2.04. The van der Waals surface area contributed by atoms with Gasteiger partial charge in [0.1, 0.15) is 10.6 Å². The lowest BCUT2D eigenvalue weighted by atomic mass is 10.1. The molecular formula is C19H20O2S2. The highest BCUT2D eigenvalue weighted by molar-refractivity contribution is 7.39. The summed E-state index contributed by atoms with van der Waals surface area (Å²) in [6.45, 7) is 4.34. The highest BCUT2D eigenvalue weighted by atomic mass is 32.2. The Bertz CT molecular complexity index is 765. The van der Waals surface area contributed by atoms with E-state index in [2.05, 4.69) is 19.9 Å². The van der Waals surface area contributed by atoms with Gasteiger partial charge in [0.05, 0.1) is 4.01 Å². The zero-order valence-corrected chi connectivity index (χ0v) is 15.1. The molecule has 0 spiro atoms. The van der Waals surface area contributed by atoms with E-state index in [1.165, 1.54) is 25.8 Å². The summed E-state index contributed by atoms with van der Waals surface area (Å²) in [5.74, 6) is 0.344. The van der Waals surface area contributed by atoms with Gasteiger partial charge in [-0.15, -0.1) is 22.7 Å². The van der Waals surface area contributed by atoms with Crippen molar-refractivity contribution in [2.24, 2.45) is 0 Å². The molecule has 0 unspecified atom stereocenters. The summed E-state index contributed by atoms with van der Waals surface area (Å²) >= 11 is 3.31. The van der Waals surface area contributed by atoms with E-state index in [1.807, 2.05) is 30.3 Å². The smallest absolute Gasteiger partial charge is 0.353 e. The van der Waals surface area contributed by atoms with Gasteiger partial charge in [0.2, 0.25) is 0 Å². The first kappa shape index (κ1) is 16.2. The van der Waals surface area contributed by atoms with Crippen molar-refractivity contribution in [1.29, 1.82) is 0 Å². The molecule has 0 amide bonds. The zero-order chi connectivity index (χ0) is 16.2. The average Bonchev–Trinajstić information content (AvgIpc) is 3.08. The molecule has 23 heavy (non-hydrogen) atoms. The van der Waals surface area contributed by atoms with E-state index in [0.29, 0.717) is 10.6 Å². The number of benzene rings is 1. The van der Waals surface area contributed by atoms with Gasteiger partial charge < -0.3 is 4.74 Å². The number of carbonyl (C=O) groups is 1. The van der Waals surface area contributed by atoms with Crippen molar-refractivity contribution in [3.8, 4) is 5.75 Å². The summed E-state index contributed by atoms with van der Waals surface area (Å²) in [5.41, 5.74) is 1.27. The van der Waals surface area contributed by atoms with Gasteiger partial charge in [-0.3, -0.25) is 0 Å². The molecule has 0 atom stereocenters. The van der Waals surface area contributed by atoms with E-state index in [0.717, 1.165) is 31.1 Å². The number of thiophene rings is 2. The van der Waals surface area contributed by atoms with Gasteiger partial charge >= 0.3 is 5.97 Å². The summed E-state index contributed by atoms with van der Waals surface area (Å²) in [7, 11) is 0. The largest absolute Gasteiger partial charge is 0.422 e. The fourth-order valence-electron chi connectivity index (χ4n) is 2.53. The Hall–Kier alpha value is -1.65. The number of hydrogen-bond donors (Lipinski definition) is 0. The van der Waals surface area contributed by atoms with E-state index in [9.17, 15) is 4.79 Å². The number of aryl methyl sites for hydroxylation is 2. The predicted molar refractivity (Wildman–Crippen MR) is 99.1 cm³/mol. The van der Waals surface area contributed by atoms with Crippen LogP contribution in [0.4, 0.5) is 0 Å². The van der Waals surface area contributed by atoms with Gasteiger partial charge in [-0.1, -0.05) is 38.8 Å². The van der Waals surface area contributed by atoms with Crippen LogP contribution >= 0.6 is 22.7 Å². The number of carbonyl (C=O) groups excluding carboxylic acids is 1. The number of hydrogen-bond acceptors (Lipinski definition) is 4. The monoisotopic (exact) mass is 344 g/mol. The number of esters is 1. The normalized spacial score (nSPS) is 11.0. The predicted octanol–water partition coefficient (Wildman–Crippen LogP) is 6.09. The van der Waals surface area contributed by atoms with Crippen LogP contribution in [0, 0.1) is 0 Å². The van der Waals surface area contributed by atoms with Crippen LogP contribution in [0.25, 0.3) is 9.40 Å². The van der Waals surface area contributed by atoms with Crippen molar-refractivity contribution < 1.29 is 9.53 Å². The van der Waals surface area contributed by atoms with Crippen LogP contribution in [0.3, 0.4) is 0 Å². The molecule has 0 bridgehead atoms. The molecule has 4 heteroatoms. The molecule has 120 valence electrons. The lowest BCUT2D eigenvalue weighted by molar-refractivity contribution is 0.0740. The molecule has 3 rings (SSSR count). The molecule has 0 aliphatic carbocycles. The van der Waals surface area contributed by atoms with Crippen molar-refractivity contribution in [3.63, 3.8) is 0 Å². The van der Waals surface area contributed by atoms with E-state index >= 15 is 0 Å². The first-order chi connectivity index (χ1) is 11.2. The van der Waals surface area contributed by atoms with Gasteiger partial charge in [-0.05, 0) is 42.7 Å². The van der Waals surface area contributed by atoms with E-state index < -0.39 is 0 Å². The van der Waals surface area contributed by atoms with Gasteiger partial charge in [-0.2, -0.15) is 0 Å². The molecule has 0 aliphatic rings. The fourth-order valence-corrected chi connectivity index (χ4v) is 5.00. The van der Waals surface area contributed by atoms with Crippen LogP contribution in [0.2, 0.25) is 0 Å². The minimum atomic E-state index is -0.265. The second kappa shape index (κ2) is 7.28. The van der Waals surface area contributed by atoms with Gasteiger partial charge in [0.15, 0.2) is 0 Å². The minimum absolute atomic E-state index is 0.265. The Labute approximate surface area is 144 Å². The Morgan fingerprint density at radius 1 is 1.00 bits per heavy atom. The summed E-state index contributed by atoms with van der Waals surface area (Å²) < 4.78 is 6.69. The molecule has 2 nitrogen and oxygen atoms in total. The maximum atomic E-state index is 12.3. The molecule has 0 fully saturated rings. The number of fused-ring (bicyclic) bond motifs is 1. The SMILES string of the molecule is CCCc1ccc(OC(=O)c2cc3cc(CCC)sc3s2)cc1. The Morgan fingerprint density at radius 3 is 2.39 bits per heavy atom. The number of ether oxygens (including phenoxy) is 1. The lowest BCUT2D eigenvalue weighted by Crippen LogP contribution is -2.06. The maximum Gasteiger partial charge on any atom is 0.353 e. The van der Waals surface area contributed by atoms with Crippen LogP contribution in [0.1, 0.15) is 46.8 Å². The van der Waals surface area contributed by atoms with Crippen LogP contribution in [-0.4, -0.2) is 5.97 Å². The Kier molecular flexibility index (Phi) is 5.13. The van der Waals surface area contributed by atoms with Crippen molar-refractivity contribution in [3.05, 3.63) is 51.7 Å². The van der Waals surface area contributed by atoms with Gasteiger partial charge in [-0.25, -0.2) is 4.79 Å². The molecule has 0 saturated heterocycles. The zero-order valence-electron chi connectivity index (χ0n) is 13.4. The molecule has 2 aromatic heterocycles. The third kappa shape index (κ3) is 3.82. The van der Waals surface area contributed by atoms with Crippen molar-refractivity contribution >= 4 is 38.0 Å². The van der Waals surface area contributed by atoms with Gasteiger partial charge in [0.25, 0.3) is 0 Å². The van der Waals surface area contributed by atoms with E-state index in [1.54, 1.807) is 11.3 Å². The van der Waals surface area contributed by atoms with Gasteiger partial charge in [0, 0.05) is 10.3 Å². The molecule has 2 heterocycles. The molecule has 0 radical (unpaired) electrons. The van der Waals surface area contributed by atoms with E-state index in [4.69, 9.17) is 4.74 Å². The molecule has 1 aromatic carbocycles. The molecular weight excluding hydrogens is 324 g/mol. The van der Waals surface area contributed by atoms with Crippen LogP contribution in [0.15, 0.2) is 36.4 Å². The molecule has 0 aliphatic heterocycles. The first-order valence-corrected chi connectivity index (χ1v) is 9.66. The van der Waals surface area contributed by atoms with Crippen LogP contribution in [-0.2, 0) is 12.8 Å². The third-order valence-electron chi connectivity index (χ3n) is 3.64. The quantitative estimate of drug-likeness (QED) is 0.400. The van der Waals surface area contributed by atoms with Crippen LogP contribution < -0.4 is 4.74 Å². The van der Waals surface area contributed by atoms with Crippen molar-refractivity contribution in [1.82, 2.24) is 0 Å². The maximum absolute atomic E-state index is 12.3. The Balaban J connectivity index is 1.71. The average molecular weight is 345 g/mol. The summed E-state index contributed by atoms with van der Waals surface area (Å²) in [6.07, 6.45) is 4.42. The second-order valence-electron chi connectivity index (χ2n) is 5.60. The van der Waals surface area contributed by atoms with Crippen molar-refractivity contribution in [2.75, 3.05) is 0 Å². The summed E-state index contributed by atoms with van der Waals surface area (Å²) in [4.78, 5) is 14.4. The first-order valence-electron chi connectivity index (χ1n) is 8.03. The third-order valence-corrected chi connectivity index (χ3v) is 6.07. The summed E-state index contributed by atoms with van der Waals surface area (Å²) in [6, 6.07) is 11.9. The molecule has 3 aromatic rings. The summed E-state index contributed by atoms with van der Waals surface area (Å²) in [5, 5.41) is 1.16. The Morgan fingerprint density at radius 2 is 1.74 bits per heavy atom. The molecule has 0 saturated carbocycles. The van der Waals surface area contributed by atoms with Crippen molar-refractivity contribution in [2.45, 2.75) is 39.5 Å². The highest BCUT2D eigenvalue weighted by Crippen LogP contribution is 2.34. The fraction of sp³-hybridized carbons (Fsp3) is 0.316. The van der Waals surface area contributed by atoms with E-state index in [-0.39, 0.29) is 5.97 Å². The number of rotatable bonds is 6. The topological polar surface area (TPSA) is 26.3 Å². The highest BCUT2D eigenvalue weighted by Gasteiger charge is 2.14.